The highest BCUT2D eigenvalue weighted by molar-refractivity contribution is 7.17. The van der Waals surface area contributed by atoms with E-state index in [-0.39, 0.29) is 12.0 Å². The summed E-state index contributed by atoms with van der Waals surface area (Å²) in [5, 5.41) is 3.52. The molecule has 46 heavy (non-hydrogen) atoms. The third-order valence-electron chi connectivity index (χ3n) is 9.19. The molecule has 3 nitrogen and oxygen atoms in total. The Morgan fingerprint density at radius 2 is 1.39 bits per heavy atom. The first-order chi connectivity index (χ1) is 22.8. The second kappa shape index (κ2) is 11.1. The topological polar surface area (TPSA) is 29.0 Å². The molecule has 2 atom stereocenters. The van der Waals surface area contributed by atoms with Gasteiger partial charge in [-0.05, 0) is 99.4 Å². The van der Waals surface area contributed by atoms with E-state index >= 15 is 0 Å². The van der Waals surface area contributed by atoms with Gasteiger partial charge in [0.05, 0.1) is 23.1 Å². The fraction of sp³-hybridized carbons (Fsp3) is 0.0476. The molecule has 0 N–H and O–H groups in total. The zero-order valence-corrected chi connectivity index (χ0v) is 25.8. The van der Waals surface area contributed by atoms with Crippen molar-refractivity contribution in [2.45, 2.75) is 12.0 Å². The Morgan fingerprint density at radius 3 is 2.28 bits per heavy atom. The minimum absolute atomic E-state index is 0.101. The van der Waals surface area contributed by atoms with Crippen LogP contribution >= 0.6 is 11.3 Å². The molecule has 4 aromatic carbocycles. The van der Waals surface area contributed by atoms with Gasteiger partial charge in [-0.3, -0.25) is 9.97 Å². The van der Waals surface area contributed by atoms with Crippen molar-refractivity contribution < 1.29 is 0 Å². The summed E-state index contributed by atoms with van der Waals surface area (Å²) in [6, 6.07) is 43.9. The van der Waals surface area contributed by atoms with Crippen LogP contribution in [0.15, 0.2) is 163 Å². The van der Waals surface area contributed by atoms with Crippen LogP contribution in [0.2, 0.25) is 0 Å². The van der Waals surface area contributed by atoms with E-state index < -0.39 is 0 Å². The number of nitrogens with zero attached hydrogens (tertiary/aromatic N) is 3. The van der Waals surface area contributed by atoms with Gasteiger partial charge >= 0.3 is 0 Å². The molecule has 7 aromatic rings. The van der Waals surface area contributed by atoms with Crippen LogP contribution < -0.4 is 4.90 Å². The van der Waals surface area contributed by atoms with E-state index in [4.69, 9.17) is 0 Å². The Labute approximate surface area is 272 Å². The van der Waals surface area contributed by atoms with Gasteiger partial charge in [0.2, 0.25) is 0 Å². The summed E-state index contributed by atoms with van der Waals surface area (Å²) in [6.07, 6.45) is 12.9. The average Bonchev–Trinajstić information content (AvgIpc) is 3.57. The summed E-state index contributed by atoms with van der Waals surface area (Å²) in [6.45, 7) is 0. The molecule has 0 bridgehead atoms. The summed E-state index contributed by atoms with van der Waals surface area (Å²) in [5.74, 6) is 0.197. The molecule has 1 aliphatic carbocycles. The first-order valence-corrected chi connectivity index (χ1v) is 16.5. The second-order valence-corrected chi connectivity index (χ2v) is 12.8. The maximum absolute atomic E-state index is 4.68. The highest BCUT2D eigenvalue weighted by atomic mass is 32.1. The summed E-state index contributed by atoms with van der Waals surface area (Å²) >= 11 is 1.81. The molecule has 0 radical (unpaired) electrons. The smallest absolute Gasteiger partial charge is 0.0892 e. The first kappa shape index (κ1) is 26.8. The van der Waals surface area contributed by atoms with Crippen LogP contribution in [0, 0.1) is 0 Å². The van der Waals surface area contributed by atoms with Crippen molar-refractivity contribution in [2.24, 2.45) is 0 Å². The van der Waals surface area contributed by atoms with Gasteiger partial charge in [-0.15, -0.1) is 11.3 Å². The van der Waals surface area contributed by atoms with Crippen molar-refractivity contribution in [3.8, 4) is 44.8 Å². The van der Waals surface area contributed by atoms with Gasteiger partial charge < -0.3 is 4.90 Å². The number of thiophene rings is 1. The number of aromatic nitrogens is 2. The Bertz CT molecular complexity index is 2280. The fourth-order valence-electron chi connectivity index (χ4n) is 7.11. The zero-order valence-electron chi connectivity index (χ0n) is 25.0. The summed E-state index contributed by atoms with van der Waals surface area (Å²) in [4.78, 5) is 11.8. The number of fused-ring (bicyclic) bond motifs is 7. The molecule has 0 saturated carbocycles. The quantitative estimate of drug-likeness (QED) is 0.199. The van der Waals surface area contributed by atoms with Gasteiger partial charge in [-0.2, -0.15) is 0 Å². The lowest BCUT2D eigenvalue weighted by atomic mass is 9.84. The molecule has 0 fully saturated rings. The molecule has 0 spiro atoms. The lowest BCUT2D eigenvalue weighted by Gasteiger charge is -2.36. The summed E-state index contributed by atoms with van der Waals surface area (Å²) in [5.41, 5.74) is 12.7. The predicted molar refractivity (Wildman–Crippen MR) is 193 cm³/mol. The Kier molecular flexibility index (Phi) is 6.46. The van der Waals surface area contributed by atoms with E-state index in [1.54, 1.807) is 11.3 Å². The fourth-order valence-corrected chi connectivity index (χ4v) is 7.91. The molecule has 3 aromatic heterocycles. The Hall–Kier alpha value is -5.58. The Balaban J connectivity index is 1.31. The average molecular weight is 608 g/mol. The molecule has 2 aliphatic rings. The van der Waals surface area contributed by atoms with Crippen LogP contribution in [0.25, 0.3) is 54.9 Å². The predicted octanol–water partition coefficient (Wildman–Crippen LogP) is 11.1. The van der Waals surface area contributed by atoms with Gasteiger partial charge in [0.25, 0.3) is 0 Å². The summed E-state index contributed by atoms with van der Waals surface area (Å²) in [7, 11) is 0. The molecule has 0 amide bonds. The largest absolute Gasteiger partial charge is 0.333 e. The number of allylic oxidation sites excluding steroid dienone is 2. The molecule has 218 valence electrons. The van der Waals surface area contributed by atoms with Gasteiger partial charge in [0.15, 0.2) is 0 Å². The van der Waals surface area contributed by atoms with Crippen molar-refractivity contribution in [2.75, 3.05) is 4.90 Å². The Morgan fingerprint density at radius 1 is 0.587 bits per heavy atom. The molecule has 4 heterocycles. The number of hydrogen-bond donors (Lipinski definition) is 0. The van der Waals surface area contributed by atoms with Crippen LogP contribution in [0.5, 0.6) is 0 Å². The lowest BCUT2D eigenvalue weighted by Crippen LogP contribution is -2.34. The number of anilines is 2. The van der Waals surface area contributed by atoms with E-state index in [1.807, 2.05) is 30.6 Å². The highest BCUT2D eigenvalue weighted by Crippen LogP contribution is 2.51. The third-order valence-corrected chi connectivity index (χ3v) is 10.1. The van der Waals surface area contributed by atoms with E-state index in [0.717, 1.165) is 28.2 Å². The van der Waals surface area contributed by atoms with Crippen molar-refractivity contribution >= 4 is 32.8 Å². The SMILES string of the molecule is C1=CC2c3ccccc3-c3c(ccc4sccc34)N(c3cc(-c4ccccc4)cc(-c4ccnc(-c5ccccn5)c4)c3)[C@@H]2C=C1. The molecule has 1 unspecified atom stereocenters. The van der Waals surface area contributed by atoms with E-state index in [1.165, 1.54) is 43.6 Å². The minimum Gasteiger partial charge on any atom is -0.333 e. The molecular weight excluding hydrogens is 579 g/mol. The highest BCUT2D eigenvalue weighted by Gasteiger charge is 2.35. The number of pyridine rings is 2. The van der Waals surface area contributed by atoms with E-state index in [9.17, 15) is 0 Å². The van der Waals surface area contributed by atoms with Crippen LogP contribution in [-0.2, 0) is 0 Å². The minimum atomic E-state index is 0.101. The molecule has 4 heteroatoms. The van der Waals surface area contributed by atoms with Crippen LogP contribution in [0.1, 0.15) is 11.5 Å². The van der Waals surface area contributed by atoms with Gasteiger partial charge in [0, 0.05) is 39.6 Å². The number of rotatable bonds is 4. The molecule has 1 aliphatic heterocycles. The van der Waals surface area contributed by atoms with Gasteiger partial charge in [-0.1, -0.05) is 85.0 Å². The normalized spacial score (nSPS) is 16.5. The van der Waals surface area contributed by atoms with Crippen LogP contribution in [0.3, 0.4) is 0 Å². The van der Waals surface area contributed by atoms with Crippen LogP contribution in [0.4, 0.5) is 11.4 Å². The van der Waals surface area contributed by atoms with Crippen molar-refractivity contribution in [3.05, 3.63) is 169 Å². The third kappa shape index (κ3) is 4.49. The lowest BCUT2D eigenvalue weighted by molar-refractivity contribution is 0.698. The van der Waals surface area contributed by atoms with Crippen molar-refractivity contribution in [3.63, 3.8) is 0 Å². The van der Waals surface area contributed by atoms with Gasteiger partial charge in [-0.25, -0.2) is 0 Å². The van der Waals surface area contributed by atoms with Gasteiger partial charge in [0.1, 0.15) is 0 Å². The monoisotopic (exact) mass is 607 g/mol. The van der Waals surface area contributed by atoms with E-state index in [0.29, 0.717) is 0 Å². The number of hydrogen-bond acceptors (Lipinski definition) is 4. The standard InChI is InChI=1S/C42H29N3S/c1-2-10-28(11-3-1)30-24-31(29-19-22-44-38(27-29)37-15-8-9-21-43-37)26-32(25-30)45-39-16-7-6-13-34(39)33-12-4-5-14-35(33)42-36-20-23-46-41(36)18-17-40(42)45/h1-27,34,39H/t34?,39-/m1/s1. The van der Waals surface area contributed by atoms with Crippen LogP contribution in [-0.4, -0.2) is 16.0 Å². The van der Waals surface area contributed by atoms with Crippen molar-refractivity contribution in [1.82, 2.24) is 9.97 Å². The zero-order chi connectivity index (χ0) is 30.5. The second-order valence-electron chi connectivity index (χ2n) is 11.8. The number of benzene rings is 4. The van der Waals surface area contributed by atoms with Crippen molar-refractivity contribution in [1.29, 1.82) is 0 Å². The molecular formula is C42H29N3S. The summed E-state index contributed by atoms with van der Waals surface area (Å²) < 4.78 is 1.31. The first-order valence-electron chi connectivity index (χ1n) is 15.6. The molecule has 9 rings (SSSR count). The molecule has 0 saturated heterocycles. The van der Waals surface area contributed by atoms with E-state index in [2.05, 4.69) is 148 Å². The maximum Gasteiger partial charge on any atom is 0.0892 e. The maximum atomic E-state index is 4.68.